The first-order valence-corrected chi connectivity index (χ1v) is 7.13. The van der Waals surface area contributed by atoms with Crippen molar-refractivity contribution in [1.82, 2.24) is 4.90 Å². The van der Waals surface area contributed by atoms with E-state index in [0.717, 1.165) is 6.54 Å². The van der Waals surface area contributed by atoms with Crippen LogP contribution in [0.1, 0.15) is 43.9 Å². The Morgan fingerprint density at radius 1 is 1.33 bits per heavy atom. The second-order valence-electron chi connectivity index (χ2n) is 6.02. The van der Waals surface area contributed by atoms with Crippen LogP contribution in [0.15, 0.2) is 24.3 Å². The summed E-state index contributed by atoms with van der Waals surface area (Å²) in [5.41, 5.74) is 9.33. The van der Waals surface area contributed by atoms with E-state index in [1.165, 1.54) is 30.4 Å². The van der Waals surface area contributed by atoms with Crippen LogP contribution < -0.4 is 5.73 Å². The van der Waals surface area contributed by atoms with Crippen molar-refractivity contribution in [2.45, 2.75) is 45.2 Å². The summed E-state index contributed by atoms with van der Waals surface area (Å²) >= 11 is 0. The predicted molar refractivity (Wildman–Crippen MR) is 77.6 cm³/mol. The minimum Gasteiger partial charge on any atom is -0.323 e. The lowest BCUT2D eigenvalue weighted by molar-refractivity contribution is 0.181. The first kappa shape index (κ1) is 13.6. The number of likely N-dealkylation sites (N-methyl/N-ethyl adjacent to an activating group) is 1. The topological polar surface area (TPSA) is 29.3 Å². The number of fused-ring (bicyclic) bond motifs is 1. The zero-order chi connectivity index (χ0) is 13.1. The van der Waals surface area contributed by atoms with Gasteiger partial charge in [0.15, 0.2) is 0 Å². The highest BCUT2D eigenvalue weighted by atomic mass is 15.1. The molecule has 0 saturated heterocycles. The molecule has 0 amide bonds. The van der Waals surface area contributed by atoms with E-state index in [-0.39, 0.29) is 6.04 Å². The number of benzene rings is 1. The molecule has 0 saturated carbocycles. The van der Waals surface area contributed by atoms with Gasteiger partial charge in [0.25, 0.3) is 0 Å². The molecule has 0 spiro atoms. The third-order valence-electron chi connectivity index (χ3n) is 3.99. The van der Waals surface area contributed by atoms with Crippen molar-refractivity contribution in [2.75, 3.05) is 13.6 Å². The molecule has 2 N–H and O–H groups in total. The summed E-state index contributed by atoms with van der Waals surface area (Å²) in [6, 6.07) is 9.33. The van der Waals surface area contributed by atoms with E-state index >= 15 is 0 Å². The molecule has 1 aliphatic rings. The fourth-order valence-corrected chi connectivity index (χ4v) is 3.18. The number of nitrogens with two attached hydrogens (primary N) is 1. The fourth-order valence-electron chi connectivity index (χ4n) is 3.18. The third-order valence-corrected chi connectivity index (χ3v) is 3.99. The van der Waals surface area contributed by atoms with Gasteiger partial charge in [-0.3, -0.25) is 0 Å². The Morgan fingerprint density at radius 3 is 2.78 bits per heavy atom. The average molecular weight is 246 g/mol. The van der Waals surface area contributed by atoms with Crippen molar-refractivity contribution in [2.24, 2.45) is 11.7 Å². The van der Waals surface area contributed by atoms with Crippen LogP contribution in [-0.2, 0) is 6.42 Å². The fraction of sp³-hybridized carbons (Fsp3) is 0.625. The molecule has 0 bridgehead atoms. The lowest BCUT2D eigenvalue weighted by atomic mass is 9.96. The maximum Gasteiger partial charge on any atom is 0.0455 e. The van der Waals surface area contributed by atoms with Gasteiger partial charge in [-0.25, -0.2) is 0 Å². The molecule has 2 atom stereocenters. The number of hydrogen-bond donors (Lipinski definition) is 1. The van der Waals surface area contributed by atoms with Crippen molar-refractivity contribution in [3.8, 4) is 0 Å². The highest BCUT2D eigenvalue weighted by molar-refractivity contribution is 5.32. The van der Waals surface area contributed by atoms with Crippen LogP contribution in [0.25, 0.3) is 0 Å². The third kappa shape index (κ3) is 2.93. The molecular formula is C16H26N2. The molecule has 18 heavy (non-hydrogen) atoms. The highest BCUT2D eigenvalue weighted by Crippen LogP contribution is 2.29. The Hall–Kier alpha value is -0.860. The summed E-state index contributed by atoms with van der Waals surface area (Å²) in [6.07, 6.45) is 3.63. The van der Waals surface area contributed by atoms with E-state index in [4.69, 9.17) is 5.73 Å². The Labute approximate surface area is 111 Å². The molecule has 0 aliphatic heterocycles. The van der Waals surface area contributed by atoms with Crippen LogP contribution in [0.2, 0.25) is 0 Å². The zero-order valence-electron chi connectivity index (χ0n) is 11.9. The highest BCUT2D eigenvalue weighted by Gasteiger charge is 2.27. The standard InChI is InChI=1S/C16H26N2/c1-12(2)11-18(3)15-10-6-8-13-7-4-5-9-14(13)16(15)17/h4-5,7,9,12,15-16H,6,8,10-11,17H2,1-3H3. The second kappa shape index (κ2) is 5.85. The molecule has 2 rings (SSSR count). The van der Waals surface area contributed by atoms with Crippen LogP contribution in [0.5, 0.6) is 0 Å². The molecule has 0 fully saturated rings. The summed E-state index contributed by atoms with van der Waals surface area (Å²) in [5, 5.41) is 0. The van der Waals surface area contributed by atoms with Gasteiger partial charge in [-0.2, -0.15) is 0 Å². The first-order valence-electron chi connectivity index (χ1n) is 7.13. The summed E-state index contributed by atoms with van der Waals surface area (Å²) < 4.78 is 0. The Morgan fingerprint density at radius 2 is 2.06 bits per heavy atom. The summed E-state index contributed by atoms with van der Waals surface area (Å²) in [7, 11) is 2.22. The molecule has 2 nitrogen and oxygen atoms in total. The van der Waals surface area contributed by atoms with Gasteiger partial charge in [-0.1, -0.05) is 38.1 Å². The van der Waals surface area contributed by atoms with Gasteiger partial charge in [0, 0.05) is 18.6 Å². The first-order chi connectivity index (χ1) is 8.59. The molecule has 1 aliphatic carbocycles. The molecule has 2 unspecified atom stereocenters. The number of rotatable bonds is 3. The van der Waals surface area contributed by atoms with E-state index in [1.807, 2.05) is 0 Å². The lowest BCUT2D eigenvalue weighted by Crippen LogP contribution is -2.41. The van der Waals surface area contributed by atoms with Gasteiger partial charge < -0.3 is 10.6 Å². The summed E-state index contributed by atoms with van der Waals surface area (Å²) in [6.45, 7) is 5.67. The van der Waals surface area contributed by atoms with Crippen LogP contribution in [0, 0.1) is 5.92 Å². The number of aryl methyl sites for hydroxylation is 1. The molecule has 2 heteroatoms. The number of nitrogens with zero attached hydrogens (tertiary/aromatic N) is 1. The normalized spacial score (nSPS) is 24.1. The van der Waals surface area contributed by atoms with E-state index in [2.05, 4.69) is 50.1 Å². The summed E-state index contributed by atoms with van der Waals surface area (Å²) in [4.78, 5) is 2.46. The molecule has 0 radical (unpaired) electrons. The second-order valence-corrected chi connectivity index (χ2v) is 6.02. The van der Waals surface area contributed by atoms with Crippen molar-refractivity contribution >= 4 is 0 Å². The van der Waals surface area contributed by atoms with E-state index in [9.17, 15) is 0 Å². The Kier molecular flexibility index (Phi) is 4.41. The van der Waals surface area contributed by atoms with Crippen LogP contribution >= 0.6 is 0 Å². The van der Waals surface area contributed by atoms with Gasteiger partial charge >= 0.3 is 0 Å². The monoisotopic (exact) mass is 246 g/mol. The average Bonchev–Trinajstić information content (AvgIpc) is 2.49. The van der Waals surface area contributed by atoms with Gasteiger partial charge in [0.1, 0.15) is 0 Å². The van der Waals surface area contributed by atoms with E-state index < -0.39 is 0 Å². The molecule has 1 aromatic rings. The smallest absolute Gasteiger partial charge is 0.0455 e. The Balaban J connectivity index is 2.19. The largest absolute Gasteiger partial charge is 0.323 e. The van der Waals surface area contributed by atoms with E-state index in [0.29, 0.717) is 12.0 Å². The van der Waals surface area contributed by atoms with Crippen molar-refractivity contribution in [3.63, 3.8) is 0 Å². The SMILES string of the molecule is CC(C)CN(C)C1CCCc2ccccc2C1N. The lowest BCUT2D eigenvalue weighted by Gasteiger charge is -2.33. The maximum atomic E-state index is 6.53. The minimum absolute atomic E-state index is 0.160. The minimum atomic E-state index is 0.160. The molecular weight excluding hydrogens is 220 g/mol. The van der Waals surface area contributed by atoms with Gasteiger partial charge in [-0.15, -0.1) is 0 Å². The van der Waals surface area contributed by atoms with Gasteiger partial charge in [0.05, 0.1) is 0 Å². The van der Waals surface area contributed by atoms with Crippen LogP contribution in [0.3, 0.4) is 0 Å². The van der Waals surface area contributed by atoms with Crippen molar-refractivity contribution in [1.29, 1.82) is 0 Å². The maximum absolute atomic E-state index is 6.53. The summed E-state index contributed by atoms with van der Waals surface area (Å²) in [5.74, 6) is 0.695. The van der Waals surface area contributed by atoms with Crippen molar-refractivity contribution in [3.05, 3.63) is 35.4 Å². The van der Waals surface area contributed by atoms with Gasteiger partial charge in [0.2, 0.25) is 0 Å². The van der Waals surface area contributed by atoms with Crippen LogP contribution in [0.4, 0.5) is 0 Å². The zero-order valence-corrected chi connectivity index (χ0v) is 11.9. The van der Waals surface area contributed by atoms with E-state index in [1.54, 1.807) is 0 Å². The quantitative estimate of drug-likeness (QED) is 0.831. The molecule has 1 aromatic carbocycles. The van der Waals surface area contributed by atoms with Crippen LogP contribution in [-0.4, -0.2) is 24.5 Å². The molecule has 0 aromatic heterocycles. The predicted octanol–water partition coefficient (Wildman–Crippen LogP) is 2.98. The Bertz CT molecular complexity index is 386. The van der Waals surface area contributed by atoms with Gasteiger partial charge in [-0.05, 0) is 43.4 Å². The molecule has 100 valence electrons. The number of hydrogen-bond acceptors (Lipinski definition) is 2. The van der Waals surface area contributed by atoms with Crippen molar-refractivity contribution < 1.29 is 0 Å². The molecule has 0 heterocycles.